The highest BCUT2D eigenvalue weighted by Gasteiger charge is 2.58. The highest BCUT2D eigenvalue weighted by Crippen LogP contribution is 2.43. The maximum atomic E-state index is 12.9. The average molecular weight is 1240 g/mol. The Kier molecular flexibility index (Phi) is 37.1. The molecular weight excluding hydrogens is 1160 g/mol. The molecule has 0 radical (unpaired) electrons. The first-order chi connectivity index (χ1) is 40.7. The fraction of sp³-hybridized carbons (Fsp3) is 0.615. The Morgan fingerprint density at radius 2 is 1.01 bits per heavy atom. The normalized spacial score (nSPS) is 20.1. The van der Waals surface area contributed by atoms with Crippen molar-refractivity contribution >= 4 is 48.0 Å². The Morgan fingerprint density at radius 3 is 1.34 bits per heavy atom. The van der Waals surface area contributed by atoms with Crippen LogP contribution in [0.5, 0.6) is 0 Å². The fourth-order valence-corrected chi connectivity index (χ4v) is 7.59. The summed E-state index contributed by atoms with van der Waals surface area (Å²) in [6.45, 7) is 30.0. The maximum Gasteiger partial charge on any atom is 0.414 e. The Balaban J connectivity index is 0. The predicted octanol–water partition coefficient (Wildman–Crippen LogP) is 2.28. The first kappa shape index (κ1) is 77.6. The molecule has 0 aromatic carbocycles. The summed E-state index contributed by atoms with van der Waals surface area (Å²) in [5.74, 6) is -1.80. The van der Waals surface area contributed by atoms with Crippen LogP contribution in [-0.4, -0.2) is 195 Å². The fourth-order valence-electron chi connectivity index (χ4n) is 7.59. The van der Waals surface area contributed by atoms with E-state index in [1.165, 1.54) is 26.6 Å². The van der Waals surface area contributed by atoms with E-state index < -0.39 is 127 Å². The molecule has 2 aromatic heterocycles. The van der Waals surface area contributed by atoms with Crippen LogP contribution in [0, 0.1) is 26.3 Å². The molecule has 2 aliphatic rings. The highest BCUT2D eigenvalue weighted by atomic mass is 19.1. The topological polar surface area (TPSA) is 406 Å². The van der Waals surface area contributed by atoms with Gasteiger partial charge in [-0.25, -0.2) is 65.0 Å². The third kappa shape index (κ3) is 24.6. The van der Waals surface area contributed by atoms with Gasteiger partial charge in [-0.05, 0) is 12.8 Å². The zero-order chi connectivity index (χ0) is 63.5. The second kappa shape index (κ2) is 41.6. The minimum atomic E-state index is -1.55. The van der Waals surface area contributed by atoms with Crippen LogP contribution in [0.15, 0.2) is 53.7 Å². The van der Waals surface area contributed by atoms with Crippen molar-refractivity contribution in [3.63, 3.8) is 0 Å². The number of Topliss-reactive ketones (excluding diaryl/α,β-unsaturated/α-hetero) is 1. The second-order valence-electron chi connectivity index (χ2n) is 16.9. The Bertz CT molecular complexity index is 2990. The van der Waals surface area contributed by atoms with Crippen molar-refractivity contribution in [3.8, 4) is 0 Å². The van der Waals surface area contributed by atoms with Crippen LogP contribution < -0.4 is 43.8 Å². The van der Waals surface area contributed by atoms with E-state index in [4.69, 9.17) is 70.3 Å². The van der Waals surface area contributed by atoms with Crippen molar-refractivity contribution in [1.29, 1.82) is 0 Å². The van der Waals surface area contributed by atoms with Gasteiger partial charge in [-0.1, -0.05) is 43.1 Å². The number of alkyl carbamates (subject to hydrolysis) is 4. The number of aromatic amines is 2. The van der Waals surface area contributed by atoms with Gasteiger partial charge < -0.3 is 67.1 Å². The number of halogens is 1. The molecule has 0 spiro atoms. The van der Waals surface area contributed by atoms with Crippen molar-refractivity contribution < 1.29 is 82.3 Å². The number of esters is 1. The third-order valence-electron chi connectivity index (χ3n) is 11.8. The number of rotatable bonds is 23. The van der Waals surface area contributed by atoms with E-state index in [-0.39, 0.29) is 119 Å². The highest BCUT2D eigenvalue weighted by molar-refractivity contribution is 6.02. The van der Waals surface area contributed by atoms with Gasteiger partial charge in [-0.3, -0.25) is 63.9 Å². The number of nitrogens with zero attached hydrogens (tertiary/aromatic N) is 8. The lowest BCUT2D eigenvalue weighted by molar-refractivity contribution is -0.164. The van der Waals surface area contributed by atoms with E-state index in [1.54, 1.807) is 20.8 Å². The van der Waals surface area contributed by atoms with Gasteiger partial charge in [0.15, 0.2) is 45.0 Å². The standard InChI is InChI=1S/C27H35N7O11.C21H27N7O9.CH3F.3CH4/c1-6-17(35)8-9-19(37)44-21-20(41-5)22(34-13-10-18(36)31-24(34)38)45-27(21,7-2)16-30-23(32-25(39)42-14-11-28-3)33-26(40)43-15-12-29-4;1-5-21(15(30)14(34-4)16(37-21)28-9-6-13(29)25-18(28)31)12-24-17(26-19(32)35-10-7-22-2)27-20(33)36-11-8-23-3;1-2;;;/h10,13,20-22H,6-9,11-12,14-16H2,1-2,5H3,(H,31,36,38)(H2,30,32,33,39,40);6,9,14-16,30H,5,7-8,10-12H2,1,4H3,(H,25,29,31)(H2,24,26,27,32,33);1H3;3*1H4/t20-,21?,22+,27-;14-,15?,16+,21-;;;;/m00..../s1/i;;1D;;;. The molecule has 2 aromatic rings. The number of aliphatic hydroxyl groups excluding tert-OH is 1. The molecule has 0 bridgehead atoms. The molecule has 7 N–H and O–H groups in total. The molecule has 2 unspecified atom stereocenters. The minimum absolute atomic E-state index is 0. The number of ether oxygens (including phenoxy) is 9. The van der Waals surface area contributed by atoms with Gasteiger partial charge in [0.2, 0.25) is 38.1 Å². The van der Waals surface area contributed by atoms with Crippen LogP contribution >= 0.6 is 0 Å². The molecule has 8 atom stereocenters. The molecule has 2 saturated heterocycles. The van der Waals surface area contributed by atoms with Crippen LogP contribution in [0.3, 0.4) is 0 Å². The summed E-state index contributed by atoms with van der Waals surface area (Å²) >= 11 is 0. The predicted molar refractivity (Wildman–Crippen MR) is 307 cm³/mol. The first-order valence-electron chi connectivity index (χ1n) is 25.8. The average Bonchev–Trinajstić information content (AvgIpc) is 2.29. The number of aliphatic imine (C=N–C) groups is 2. The summed E-state index contributed by atoms with van der Waals surface area (Å²) in [4.78, 5) is 147. The summed E-state index contributed by atoms with van der Waals surface area (Å²) in [5.41, 5.74) is -5.90. The third-order valence-corrected chi connectivity index (χ3v) is 11.8. The molecule has 87 heavy (non-hydrogen) atoms. The van der Waals surface area contributed by atoms with Gasteiger partial charge in [0.25, 0.3) is 11.1 Å². The SMILES string of the molecule is C.C.C.[2H]CF.[C-]#[N+]CCOC(=O)NC(=NC[C@]1(CC)O[C@@H](n2ccc(=O)[nH]c2=O)[C@@H](OC)C1O)NC(=O)OCC[N+]#[C-].[C-]#[N+]CCOC(=O)NC(=NC[C@]1(CC)O[C@@H](n2ccc(=O)[nH]c2=O)[C@@H](OC)C1OC(=O)CCC(=O)CC)NC(=O)OCC[N+]#[C-]. The molecule has 35 heteroatoms. The summed E-state index contributed by atoms with van der Waals surface area (Å²) in [7, 11) is 1.60. The van der Waals surface area contributed by atoms with Crippen LogP contribution in [-0.2, 0) is 52.2 Å². The molecule has 34 nitrogen and oxygen atoms in total. The Morgan fingerprint density at radius 1 is 0.655 bits per heavy atom. The molecule has 482 valence electrons. The van der Waals surface area contributed by atoms with Gasteiger partial charge >= 0.3 is 41.7 Å². The summed E-state index contributed by atoms with van der Waals surface area (Å²) in [6, 6.07) is 2.20. The van der Waals surface area contributed by atoms with Crippen molar-refractivity contribution in [1.82, 2.24) is 40.4 Å². The number of aromatic nitrogens is 4. The number of H-pyrrole nitrogens is 2. The molecule has 0 saturated carbocycles. The van der Waals surface area contributed by atoms with E-state index in [2.05, 4.69) is 60.6 Å². The number of guanidine groups is 2. The Labute approximate surface area is 501 Å². The summed E-state index contributed by atoms with van der Waals surface area (Å²) in [5, 5.41) is 19.9. The van der Waals surface area contributed by atoms with Gasteiger partial charge in [0.1, 0.15) is 35.3 Å². The number of amides is 4. The molecule has 4 heterocycles. The molecule has 4 amide bonds. The minimum Gasteiger partial charge on any atom is -0.456 e. The van der Waals surface area contributed by atoms with Crippen molar-refractivity contribution in [2.75, 3.05) is 87.1 Å². The van der Waals surface area contributed by atoms with E-state index in [1.807, 2.05) is 0 Å². The molecule has 4 rings (SSSR count). The van der Waals surface area contributed by atoms with Crippen LogP contribution in [0.25, 0.3) is 19.4 Å². The summed E-state index contributed by atoms with van der Waals surface area (Å²) in [6.07, 6.45) is -8.75. The monoisotopic (exact) mass is 1240 g/mol. The summed E-state index contributed by atoms with van der Waals surface area (Å²) < 4.78 is 66.1. The van der Waals surface area contributed by atoms with E-state index >= 15 is 0 Å². The molecule has 0 aliphatic carbocycles. The maximum absolute atomic E-state index is 12.9. The molecule has 2 aliphatic heterocycles. The number of nitrogens with one attached hydrogen (secondary N) is 6. The first-order valence-corrected chi connectivity index (χ1v) is 25.1. The lowest BCUT2D eigenvalue weighted by Crippen LogP contribution is -2.50. The van der Waals surface area contributed by atoms with Gasteiger partial charge in [0.05, 0.1) is 28.0 Å². The number of methoxy groups -OCH3 is 2. The quantitative estimate of drug-likeness (QED) is 0.0209. The van der Waals surface area contributed by atoms with Crippen LogP contribution in [0.4, 0.5) is 23.6 Å². The smallest absolute Gasteiger partial charge is 0.414 e. The van der Waals surface area contributed by atoms with Crippen molar-refractivity contribution in [2.45, 2.75) is 123 Å². The lowest BCUT2D eigenvalue weighted by atomic mass is 9.92. The number of carbonyl (C=O) groups excluding carboxylic acids is 6. The number of aliphatic hydroxyl groups is 1. The number of ketones is 1. The second-order valence-corrected chi connectivity index (χ2v) is 16.9. The van der Waals surface area contributed by atoms with Crippen LogP contribution in [0.1, 0.15) is 89.0 Å². The van der Waals surface area contributed by atoms with Crippen molar-refractivity contribution in [2.24, 2.45) is 9.98 Å². The Hall–Kier alpha value is -9.39. The van der Waals surface area contributed by atoms with Gasteiger partial charge in [-0.15, -0.1) is 0 Å². The molecule has 2 fully saturated rings. The number of hydrogen-bond donors (Lipinski definition) is 7. The number of alkyl halides is 1. The largest absolute Gasteiger partial charge is 0.456 e. The van der Waals surface area contributed by atoms with E-state index in [0.29, 0.717) is 0 Å². The van der Waals surface area contributed by atoms with Gasteiger partial charge in [0, 0.05) is 51.6 Å². The van der Waals surface area contributed by atoms with Crippen LogP contribution in [0.2, 0.25) is 0 Å². The number of carbonyl (C=O) groups is 6. The molecular formula is C52H77FN14O20. The zero-order valence-electron chi connectivity index (χ0n) is 47.2. The van der Waals surface area contributed by atoms with Crippen molar-refractivity contribution in [3.05, 3.63) is 112 Å². The van der Waals surface area contributed by atoms with E-state index in [9.17, 15) is 57.4 Å². The number of hydrogen-bond acceptors (Lipinski definition) is 22. The van der Waals surface area contributed by atoms with Gasteiger partial charge in [-0.2, -0.15) is 0 Å². The lowest BCUT2D eigenvalue weighted by Gasteiger charge is -2.32. The zero-order valence-corrected chi connectivity index (χ0v) is 46.2. The van der Waals surface area contributed by atoms with E-state index in [0.717, 1.165) is 21.3 Å².